The summed E-state index contributed by atoms with van der Waals surface area (Å²) in [6.07, 6.45) is 3.84. The zero-order valence-electron chi connectivity index (χ0n) is 11.6. The minimum Gasteiger partial charge on any atom is -0.368 e. The van der Waals surface area contributed by atoms with E-state index >= 15 is 0 Å². The second-order valence-electron chi connectivity index (χ2n) is 4.77. The van der Waals surface area contributed by atoms with E-state index in [4.69, 9.17) is 11.6 Å². The van der Waals surface area contributed by atoms with Crippen molar-refractivity contribution in [2.75, 3.05) is 11.9 Å². The molecule has 1 atom stereocenters. The van der Waals surface area contributed by atoms with Gasteiger partial charge in [0.1, 0.15) is 17.0 Å². The molecule has 2 rings (SSSR count). The topological polar surface area (TPSA) is 37.8 Å². The lowest BCUT2D eigenvalue weighted by Crippen LogP contribution is -2.23. The summed E-state index contributed by atoms with van der Waals surface area (Å²) in [5.74, 6) is 1.45. The minimum absolute atomic E-state index is 0.139. The van der Waals surface area contributed by atoms with Crippen LogP contribution in [0.2, 0.25) is 0 Å². The van der Waals surface area contributed by atoms with Crippen LogP contribution in [0.25, 0.3) is 10.2 Å². The van der Waals surface area contributed by atoms with Gasteiger partial charge in [0.05, 0.1) is 10.8 Å². The number of alkyl halides is 1. The molecule has 2 aromatic rings. The summed E-state index contributed by atoms with van der Waals surface area (Å²) in [4.78, 5) is 10.9. The van der Waals surface area contributed by atoms with E-state index in [9.17, 15) is 0 Å². The Labute approximate surface area is 123 Å². The molecule has 0 aliphatic heterocycles. The number of halogens is 1. The average Bonchev–Trinajstić information content (AvgIpc) is 2.78. The molecule has 104 valence electrons. The zero-order chi connectivity index (χ0) is 13.8. The Bertz CT molecular complexity index is 536. The maximum atomic E-state index is 6.45. The highest BCUT2D eigenvalue weighted by atomic mass is 35.5. The van der Waals surface area contributed by atoms with Crippen LogP contribution >= 0.6 is 22.9 Å². The molecule has 0 aromatic carbocycles. The van der Waals surface area contributed by atoms with E-state index in [1.807, 2.05) is 0 Å². The van der Waals surface area contributed by atoms with Crippen molar-refractivity contribution in [3.8, 4) is 0 Å². The quantitative estimate of drug-likeness (QED) is 0.800. The van der Waals surface area contributed by atoms with Gasteiger partial charge in [-0.3, -0.25) is 0 Å². The SMILES string of the molecule is CCC(CC)C(Cl)CNc1ncnc2sc(C)cc12. The van der Waals surface area contributed by atoms with E-state index in [2.05, 4.69) is 42.1 Å². The third-order valence-electron chi connectivity index (χ3n) is 3.48. The van der Waals surface area contributed by atoms with Gasteiger partial charge < -0.3 is 5.32 Å². The first-order valence-corrected chi connectivity index (χ1v) is 8.00. The molecular formula is C14H20ClN3S. The molecule has 1 N–H and O–H groups in total. The van der Waals surface area contributed by atoms with Crippen molar-refractivity contribution in [3.05, 3.63) is 17.3 Å². The summed E-state index contributed by atoms with van der Waals surface area (Å²) in [7, 11) is 0. The normalized spacial score (nSPS) is 13.1. The minimum atomic E-state index is 0.139. The molecule has 2 aromatic heterocycles. The van der Waals surface area contributed by atoms with Crippen LogP contribution in [-0.2, 0) is 0 Å². The van der Waals surface area contributed by atoms with Crippen molar-refractivity contribution in [2.45, 2.75) is 39.0 Å². The second kappa shape index (κ2) is 6.53. The molecule has 1 unspecified atom stereocenters. The van der Waals surface area contributed by atoms with Crippen LogP contribution in [0.4, 0.5) is 5.82 Å². The van der Waals surface area contributed by atoms with E-state index in [-0.39, 0.29) is 5.38 Å². The Hall–Kier alpha value is -0.870. The van der Waals surface area contributed by atoms with Crippen molar-refractivity contribution < 1.29 is 0 Å². The fourth-order valence-corrected chi connectivity index (χ4v) is 3.56. The molecule has 0 radical (unpaired) electrons. The molecule has 0 aliphatic rings. The molecule has 19 heavy (non-hydrogen) atoms. The molecule has 0 amide bonds. The van der Waals surface area contributed by atoms with Gasteiger partial charge in [-0.2, -0.15) is 0 Å². The van der Waals surface area contributed by atoms with Crippen molar-refractivity contribution in [1.82, 2.24) is 9.97 Å². The predicted octanol–water partition coefficient (Wildman–Crippen LogP) is 4.46. The first kappa shape index (κ1) is 14.5. The maximum Gasteiger partial charge on any atom is 0.138 e. The van der Waals surface area contributed by atoms with Crippen LogP contribution in [0.15, 0.2) is 12.4 Å². The molecule has 3 nitrogen and oxygen atoms in total. The number of aromatic nitrogens is 2. The summed E-state index contributed by atoms with van der Waals surface area (Å²) in [6, 6.07) is 2.13. The Kier molecular flexibility index (Phi) is 4.99. The van der Waals surface area contributed by atoms with Crippen LogP contribution in [0.3, 0.4) is 0 Å². The number of nitrogens with zero attached hydrogens (tertiary/aromatic N) is 2. The number of aryl methyl sites for hydroxylation is 1. The fraction of sp³-hybridized carbons (Fsp3) is 0.571. The van der Waals surface area contributed by atoms with Crippen LogP contribution in [0.1, 0.15) is 31.6 Å². The summed E-state index contributed by atoms with van der Waals surface area (Å²) in [5.41, 5.74) is 0. The van der Waals surface area contributed by atoms with E-state index in [0.29, 0.717) is 5.92 Å². The Morgan fingerprint density at radius 3 is 2.74 bits per heavy atom. The molecule has 0 saturated carbocycles. The first-order valence-electron chi connectivity index (χ1n) is 6.74. The van der Waals surface area contributed by atoms with Crippen molar-refractivity contribution in [3.63, 3.8) is 0 Å². The maximum absolute atomic E-state index is 6.45. The predicted molar refractivity (Wildman–Crippen MR) is 84.4 cm³/mol. The van der Waals surface area contributed by atoms with Gasteiger partial charge in [0.25, 0.3) is 0 Å². The Balaban J connectivity index is 2.09. The molecule has 0 spiro atoms. The van der Waals surface area contributed by atoms with Crippen LogP contribution in [-0.4, -0.2) is 21.9 Å². The number of hydrogen-bond acceptors (Lipinski definition) is 4. The summed E-state index contributed by atoms with van der Waals surface area (Å²) >= 11 is 8.14. The molecule has 2 heterocycles. The molecular weight excluding hydrogens is 278 g/mol. The fourth-order valence-electron chi connectivity index (χ4n) is 2.28. The average molecular weight is 298 g/mol. The molecule has 0 aliphatic carbocycles. The number of fused-ring (bicyclic) bond motifs is 1. The lowest BCUT2D eigenvalue weighted by atomic mass is 9.99. The van der Waals surface area contributed by atoms with Crippen LogP contribution in [0, 0.1) is 12.8 Å². The third kappa shape index (κ3) is 3.37. The van der Waals surface area contributed by atoms with E-state index in [1.165, 1.54) is 4.88 Å². The molecule has 0 fully saturated rings. The van der Waals surface area contributed by atoms with Crippen molar-refractivity contribution in [2.24, 2.45) is 5.92 Å². The first-order chi connectivity index (χ1) is 9.15. The number of hydrogen-bond donors (Lipinski definition) is 1. The van der Waals surface area contributed by atoms with Crippen LogP contribution < -0.4 is 5.32 Å². The van der Waals surface area contributed by atoms with Crippen molar-refractivity contribution in [1.29, 1.82) is 0 Å². The lowest BCUT2D eigenvalue weighted by Gasteiger charge is -2.19. The zero-order valence-corrected chi connectivity index (χ0v) is 13.2. The smallest absolute Gasteiger partial charge is 0.138 e. The highest BCUT2D eigenvalue weighted by Crippen LogP contribution is 2.28. The van der Waals surface area contributed by atoms with Gasteiger partial charge in [-0.25, -0.2) is 9.97 Å². The van der Waals surface area contributed by atoms with Gasteiger partial charge >= 0.3 is 0 Å². The number of anilines is 1. The Morgan fingerprint density at radius 1 is 1.32 bits per heavy atom. The molecule has 5 heteroatoms. The van der Waals surface area contributed by atoms with Gasteiger partial charge in [-0.15, -0.1) is 22.9 Å². The largest absolute Gasteiger partial charge is 0.368 e. The molecule has 0 saturated heterocycles. The monoisotopic (exact) mass is 297 g/mol. The van der Waals surface area contributed by atoms with Crippen molar-refractivity contribution >= 4 is 39.0 Å². The third-order valence-corrected chi connectivity index (χ3v) is 4.95. The van der Waals surface area contributed by atoms with Gasteiger partial charge in [0.15, 0.2) is 0 Å². The lowest BCUT2D eigenvalue weighted by molar-refractivity contribution is 0.475. The molecule has 0 bridgehead atoms. The van der Waals surface area contributed by atoms with Gasteiger partial charge in [0, 0.05) is 11.4 Å². The summed E-state index contributed by atoms with van der Waals surface area (Å²) in [6.45, 7) is 7.21. The number of thiophene rings is 1. The van der Waals surface area contributed by atoms with E-state index in [0.717, 1.165) is 35.4 Å². The van der Waals surface area contributed by atoms with E-state index in [1.54, 1.807) is 17.7 Å². The standard InChI is InChI=1S/C14H20ClN3S/c1-4-10(5-2)12(15)7-16-13-11-6-9(3)19-14(11)18-8-17-13/h6,8,10,12H,4-5,7H2,1-3H3,(H,16,17,18). The number of nitrogens with one attached hydrogen (secondary N) is 1. The van der Waals surface area contributed by atoms with E-state index < -0.39 is 0 Å². The Morgan fingerprint density at radius 2 is 2.05 bits per heavy atom. The number of rotatable bonds is 6. The van der Waals surface area contributed by atoms with Crippen LogP contribution in [0.5, 0.6) is 0 Å². The highest BCUT2D eigenvalue weighted by Gasteiger charge is 2.16. The van der Waals surface area contributed by atoms with Gasteiger partial charge in [0.2, 0.25) is 0 Å². The highest BCUT2D eigenvalue weighted by molar-refractivity contribution is 7.18. The summed E-state index contributed by atoms with van der Waals surface area (Å²) in [5, 5.41) is 4.61. The van der Waals surface area contributed by atoms with Gasteiger partial charge in [-0.1, -0.05) is 26.7 Å². The van der Waals surface area contributed by atoms with Gasteiger partial charge in [-0.05, 0) is 18.9 Å². The second-order valence-corrected chi connectivity index (χ2v) is 6.57. The summed E-state index contributed by atoms with van der Waals surface area (Å²) < 4.78 is 0.